The van der Waals surface area contributed by atoms with Crippen LogP contribution in [0.15, 0.2) is 66.0 Å². The van der Waals surface area contributed by atoms with Crippen LogP contribution >= 0.6 is 22.9 Å². The molecule has 2 nitrogen and oxygen atoms in total. The van der Waals surface area contributed by atoms with E-state index in [9.17, 15) is 0 Å². The summed E-state index contributed by atoms with van der Waals surface area (Å²) in [5.41, 5.74) is 3.65. The van der Waals surface area contributed by atoms with Crippen molar-refractivity contribution in [1.29, 1.82) is 0 Å². The Morgan fingerprint density at radius 2 is 1.43 bits per heavy atom. The maximum Gasteiger partial charge on any atom is 0.186 e. The number of aromatic nitrogens is 1. The van der Waals surface area contributed by atoms with Gasteiger partial charge < -0.3 is 4.90 Å². The SMILES string of the molecule is ClCCc1csc(N(Cc2ccccc2)Cc2ccccc2)n1. The minimum absolute atomic E-state index is 0.612. The molecule has 3 rings (SSSR count). The minimum atomic E-state index is 0.612. The maximum atomic E-state index is 5.84. The first-order valence-electron chi connectivity index (χ1n) is 7.68. The number of thiazole rings is 1. The number of aryl methyl sites for hydroxylation is 1. The van der Waals surface area contributed by atoms with E-state index in [1.165, 1.54) is 11.1 Å². The van der Waals surface area contributed by atoms with Crippen LogP contribution in [0.25, 0.3) is 0 Å². The van der Waals surface area contributed by atoms with Gasteiger partial charge >= 0.3 is 0 Å². The Morgan fingerprint density at radius 3 is 1.96 bits per heavy atom. The molecule has 0 unspecified atom stereocenters. The zero-order valence-electron chi connectivity index (χ0n) is 12.9. The van der Waals surface area contributed by atoms with Gasteiger partial charge in [-0.2, -0.15) is 0 Å². The van der Waals surface area contributed by atoms with Gasteiger partial charge in [-0.1, -0.05) is 60.7 Å². The van der Waals surface area contributed by atoms with Crippen molar-refractivity contribution < 1.29 is 0 Å². The lowest BCUT2D eigenvalue weighted by Gasteiger charge is -2.22. The molecular formula is C19H19ClN2S. The lowest BCUT2D eigenvalue weighted by Crippen LogP contribution is -2.22. The Kier molecular flexibility index (Phi) is 5.67. The normalized spacial score (nSPS) is 10.7. The van der Waals surface area contributed by atoms with Crippen molar-refractivity contribution in [2.45, 2.75) is 19.5 Å². The summed E-state index contributed by atoms with van der Waals surface area (Å²) in [5, 5.41) is 3.17. The summed E-state index contributed by atoms with van der Waals surface area (Å²) in [6.45, 7) is 1.70. The smallest absolute Gasteiger partial charge is 0.186 e. The summed E-state index contributed by atoms with van der Waals surface area (Å²) in [7, 11) is 0. The molecule has 0 saturated heterocycles. The third kappa shape index (κ3) is 4.57. The Bertz CT molecular complexity index is 671. The Labute approximate surface area is 146 Å². The van der Waals surface area contributed by atoms with Gasteiger partial charge in [0.2, 0.25) is 0 Å². The van der Waals surface area contributed by atoms with Crippen LogP contribution in [0.5, 0.6) is 0 Å². The van der Waals surface area contributed by atoms with Crippen molar-refractivity contribution in [3.05, 3.63) is 82.9 Å². The van der Waals surface area contributed by atoms with Gasteiger partial charge in [-0.3, -0.25) is 0 Å². The second-order valence-corrected chi connectivity index (χ2v) is 6.60. The van der Waals surface area contributed by atoms with E-state index < -0.39 is 0 Å². The fraction of sp³-hybridized carbons (Fsp3) is 0.211. The van der Waals surface area contributed by atoms with Crippen molar-refractivity contribution in [1.82, 2.24) is 4.98 Å². The highest BCUT2D eigenvalue weighted by atomic mass is 35.5. The third-order valence-electron chi connectivity index (χ3n) is 3.59. The first-order chi connectivity index (χ1) is 11.3. The average molecular weight is 343 g/mol. The van der Waals surface area contributed by atoms with Crippen LogP contribution < -0.4 is 4.90 Å². The zero-order valence-corrected chi connectivity index (χ0v) is 14.4. The van der Waals surface area contributed by atoms with Gasteiger partial charge in [-0.05, 0) is 11.1 Å². The van der Waals surface area contributed by atoms with Gasteiger partial charge in [0.1, 0.15) is 0 Å². The summed E-state index contributed by atoms with van der Waals surface area (Å²) < 4.78 is 0. The topological polar surface area (TPSA) is 16.1 Å². The Balaban J connectivity index is 1.82. The van der Waals surface area contributed by atoms with Crippen molar-refractivity contribution >= 4 is 28.1 Å². The number of alkyl halides is 1. The number of hydrogen-bond acceptors (Lipinski definition) is 3. The van der Waals surface area contributed by atoms with E-state index in [0.717, 1.165) is 30.3 Å². The zero-order chi connectivity index (χ0) is 15.9. The van der Waals surface area contributed by atoms with Crippen LogP contribution in [0.4, 0.5) is 5.13 Å². The number of nitrogens with zero attached hydrogens (tertiary/aromatic N) is 2. The van der Waals surface area contributed by atoms with Crippen LogP contribution in [0, 0.1) is 0 Å². The van der Waals surface area contributed by atoms with Crippen LogP contribution in [0.1, 0.15) is 16.8 Å². The van der Waals surface area contributed by atoms with E-state index in [1.807, 2.05) is 12.1 Å². The van der Waals surface area contributed by atoms with Gasteiger partial charge in [0.05, 0.1) is 5.69 Å². The van der Waals surface area contributed by atoms with Crippen LogP contribution in [-0.2, 0) is 19.5 Å². The van der Waals surface area contributed by atoms with E-state index >= 15 is 0 Å². The van der Waals surface area contributed by atoms with Crippen molar-refractivity contribution in [2.24, 2.45) is 0 Å². The van der Waals surface area contributed by atoms with Crippen molar-refractivity contribution in [3.63, 3.8) is 0 Å². The van der Waals surface area contributed by atoms with E-state index in [1.54, 1.807) is 11.3 Å². The number of anilines is 1. The summed E-state index contributed by atoms with van der Waals surface area (Å²) >= 11 is 7.53. The highest BCUT2D eigenvalue weighted by Crippen LogP contribution is 2.25. The lowest BCUT2D eigenvalue weighted by molar-refractivity contribution is 0.791. The van der Waals surface area contributed by atoms with Crippen LogP contribution in [0.2, 0.25) is 0 Å². The predicted molar refractivity (Wildman–Crippen MR) is 99.3 cm³/mol. The highest BCUT2D eigenvalue weighted by Gasteiger charge is 2.12. The molecule has 118 valence electrons. The molecule has 0 spiro atoms. The van der Waals surface area contributed by atoms with E-state index in [2.05, 4.69) is 58.8 Å². The molecule has 0 atom stereocenters. The molecule has 1 aromatic heterocycles. The van der Waals surface area contributed by atoms with Gasteiger partial charge in [0, 0.05) is 30.8 Å². The molecule has 0 bridgehead atoms. The maximum absolute atomic E-state index is 5.84. The molecule has 0 fully saturated rings. The lowest BCUT2D eigenvalue weighted by atomic mass is 10.2. The molecular weight excluding hydrogens is 324 g/mol. The fourth-order valence-electron chi connectivity index (χ4n) is 2.45. The summed E-state index contributed by atoms with van der Waals surface area (Å²) in [6.07, 6.45) is 0.822. The molecule has 0 aliphatic heterocycles. The molecule has 1 heterocycles. The fourth-order valence-corrected chi connectivity index (χ4v) is 3.51. The average Bonchev–Trinajstić information content (AvgIpc) is 3.05. The summed E-state index contributed by atoms with van der Waals surface area (Å²) in [6, 6.07) is 21.0. The van der Waals surface area contributed by atoms with Crippen molar-refractivity contribution in [3.8, 4) is 0 Å². The van der Waals surface area contributed by atoms with E-state index in [-0.39, 0.29) is 0 Å². The van der Waals surface area contributed by atoms with Gasteiger partial charge in [0.15, 0.2) is 5.13 Å². The minimum Gasteiger partial charge on any atom is -0.339 e. The number of halogens is 1. The summed E-state index contributed by atoms with van der Waals surface area (Å²) in [5.74, 6) is 0.612. The second-order valence-electron chi connectivity index (χ2n) is 5.39. The summed E-state index contributed by atoms with van der Waals surface area (Å²) in [4.78, 5) is 7.08. The molecule has 0 amide bonds. The molecule has 0 saturated carbocycles. The molecule has 0 radical (unpaired) electrons. The van der Waals surface area contributed by atoms with Crippen molar-refractivity contribution in [2.75, 3.05) is 10.8 Å². The standard InChI is InChI=1S/C19H19ClN2S/c20-12-11-18-15-23-19(21-18)22(13-16-7-3-1-4-8-16)14-17-9-5-2-6-10-17/h1-10,15H,11-14H2. The van der Waals surface area contributed by atoms with E-state index in [4.69, 9.17) is 16.6 Å². The second kappa shape index (κ2) is 8.14. The van der Waals surface area contributed by atoms with E-state index in [0.29, 0.717) is 5.88 Å². The first kappa shape index (κ1) is 16.0. The van der Waals surface area contributed by atoms with Gasteiger partial charge in [-0.15, -0.1) is 22.9 Å². The number of benzene rings is 2. The molecule has 0 N–H and O–H groups in total. The van der Waals surface area contributed by atoms with Crippen LogP contribution in [-0.4, -0.2) is 10.9 Å². The van der Waals surface area contributed by atoms with Gasteiger partial charge in [-0.25, -0.2) is 4.98 Å². The van der Waals surface area contributed by atoms with Gasteiger partial charge in [0.25, 0.3) is 0 Å². The highest BCUT2D eigenvalue weighted by molar-refractivity contribution is 7.13. The monoisotopic (exact) mass is 342 g/mol. The number of hydrogen-bond donors (Lipinski definition) is 0. The molecule has 0 aliphatic rings. The first-order valence-corrected chi connectivity index (χ1v) is 9.10. The molecule has 2 aromatic carbocycles. The van der Waals surface area contributed by atoms with Crippen LogP contribution in [0.3, 0.4) is 0 Å². The molecule has 4 heteroatoms. The Morgan fingerprint density at radius 1 is 0.870 bits per heavy atom. The quantitative estimate of drug-likeness (QED) is 0.553. The molecule has 3 aromatic rings. The number of rotatable bonds is 7. The largest absolute Gasteiger partial charge is 0.339 e. The molecule has 0 aliphatic carbocycles. The predicted octanol–water partition coefficient (Wildman–Crippen LogP) is 5.13. The molecule has 23 heavy (non-hydrogen) atoms. The third-order valence-corrected chi connectivity index (χ3v) is 4.73. The Hall–Kier alpha value is -1.84.